The Hall–Kier alpha value is -1.42. The van der Waals surface area contributed by atoms with E-state index in [-0.39, 0.29) is 0 Å². The summed E-state index contributed by atoms with van der Waals surface area (Å²) in [6, 6.07) is 8.09. The van der Waals surface area contributed by atoms with Gasteiger partial charge in [0, 0.05) is 22.6 Å². The Morgan fingerprint density at radius 2 is 2.06 bits per heavy atom. The number of anilines is 1. The second-order valence-corrected chi connectivity index (χ2v) is 4.37. The number of nitrogens with one attached hydrogen (secondary N) is 1. The maximum atomic E-state index is 4.33. The van der Waals surface area contributed by atoms with Crippen molar-refractivity contribution in [1.29, 1.82) is 0 Å². The van der Waals surface area contributed by atoms with Gasteiger partial charge in [-0.05, 0) is 19.1 Å². The van der Waals surface area contributed by atoms with E-state index in [0.29, 0.717) is 0 Å². The van der Waals surface area contributed by atoms with Crippen molar-refractivity contribution in [2.24, 2.45) is 0 Å². The molecule has 3 nitrogen and oxygen atoms in total. The molecule has 0 amide bonds. The molecule has 0 fully saturated rings. The van der Waals surface area contributed by atoms with Crippen LogP contribution in [0.1, 0.15) is 5.56 Å². The van der Waals surface area contributed by atoms with Crippen LogP contribution in [0.25, 0.3) is 11.3 Å². The van der Waals surface area contributed by atoms with E-state index in [1.807, 2.05) is 32.2 Å². The molecule has 0 saturated heterocycles. The molecule has 82 valence electrons. The first-order valence-corrected chi connectivity index (χ1v) is 5.77. The van der Waals surface area contributed by atoms with Crippen LogP contribution in [0.2, 0.25) is 0 Å². The lowest BCUT2D eigenvalue weighted by atomic mass is 10.1. The molecule has 2 aromatic rings. The van der Waals surface area contributed by atoms with Gasteiger partial charge < -0.3 is 5.32 Å². The molecule has 0 spiro atoms. The van der Waals surface area contributed by atoms with Crippen molar-refractivity contribution in [3.05, 3.63) is 40.6 Å². The molecular weight excluding hydrogens is 266 g/mol. The summed E-state index contributed by atoms with van der Waals surface area (Å²) in [4.78, 5) is 8.50. The molecule has 1 aromatic heterocycles. The minimum Gasteiger partial charge on any atom is -0.373 e. The highest BCUT2D eigenvalue weighted by molar-refractivity contribution is 9.10. The lowest BCUT2D eigenvalue weighted by Crippen LogP contribution is -1.99. The molecule has 0 atom stereocenters. The molecule has 0 aliphatic rings. The molecule has 1 aromatic carbocycles. The SMILES string of the molecule is CNc1ncnc(-c2cccc(Br)c2)c1C. The van der Waals surface area contributed by atoms with Gasteiger partial charge in [-0.15, -0.1) is 0 Å². The molecule has 4 heteroatoms. The zero-order valence-corrected chi connectivity index (χ0v) is 10.7. The Morgan fingerprint density at radius 3 is 2.75 bits per heavy atom. The second kappa shape index (κ2) is 4.61. The van der Waals surface area contributed by atoms with Gasteiger partial charge in [-0.25, -0.2) is 9.97 Å². The number of benzene rings is 1. The quantitative estimate of drug-likeness (QED) is 0.916. The van der Waals surface area contributed by atoms with Crippen molar-refractivity contribution < 1.29 is 0 Å². The molecule has 0 bridgehead atoms. The predicted molar refractivity (Wildman–Crippen MR) is 69.5 cm³/mol. The Kier molecular flexibility index (Phi) is 3.19. The van der Waals surface area contributed by atoms with Crippen LogP contribution < -0.4 is 5.32 Å². The van der Waals surface area contributed by atoms with Crippen molar-refractivity contribution in [2.45, 2.75) is 6.92 Å². The molecule has 2 rings (SSSR count). The number of rotatable bonds is 2. The predicted octanol–water partition coefficient (Wildman–Crippen LogP) is 3.26. The van der Waals surface area contributed by atoms with E-state index in [2.05, 4.69) is 37.3 Å². The van der Waals surface area contributed by atoms with Crippen molar-refractivity contribution in [2.75, 3.05) is 12.4 Å². The largest absolute Gasteiger partial charge is 0.373 e. The van der Waals surface area contributed by atoms with E-state index in [1.165, 1.54) is 0 Å². The highest BCUT2D eigenvalue weighted by Gasteiger charge is 2.07. The van der Waals surface area contributed by atoms with Gasteiger partial charge in [-0.3, -0.25) is 0 Å². The maximum Gasteiger partial charge on any atom is 0.132 e. The summed E-state index contributed by atoms with van der Waals surface area (Å²) in [5, 5.41) is 3.06. The van der Waals surface area contributed by atoms with E-state index >= 15 is 0 Å². The van der Waals surface area contributed by atoms with Gasteiger partial charge in [-0.1, -0.05) is 28.1 Å². The van der Waals surface area contributed by atoms with Crippen LogP contribution in [0.5, 0.6) is 0 Å². The van der Waals surface area contributed by atoms with E-state index in [9.17, 15) is 0 Å². The smallest absolute Gasteiger partial charge is 0.132 e. The van der Waals surface area contributed by atoms with E-state index < -0.39 is 0 Å². The monoisotopic (exact) mass is 277 g/mol. The van der Waals surface area contributed by atoms with Crippen LogP contribution in [0.15, 0.2) is 35.1 Å². The van der Waals surface area contributed by atoms with Gasteiger partial charge in [0.05, 0.1) is 5.69 Å². The minimum atomic E-state index is 0.866. The number of nitrogens with zero attached hydrogens (tertiary/aromatic N) is 2. The Balaban J connectivity index is 2.56. The Bertz CT molecular complexity index is 511. The molecule has 0 aliphatic carbocycles. The third-order valence-electron chi connectivity index (χ3n) is 2.42. The first-order valence-electron chi connectivity index (χ1n) is 4.97. The van der Waals surface area contributed by atoms with Crippen LogP contribution in [-0.2, 0) is 0 Å². The maximum absolute atomic E-state index is 4.33. The van der Waals surface area contributed by atoms with Crippen LogP contribution in [-0.4, -0.2) is 17.0 Å². The van der Waals surface area contributed by atoms with E-state index in [1.54, 1.807) is 6.33 Å². The molecule has 0 aliphatic heterocycles. The number of aromatic nitrogens is 2. The normalized spacial score (nSPS) is 10.2. The van der Waals surface area contributed by atoms with Gasteiger partial charge in [0.1, 0.15) is 12.1 Å². The van der Waals surface area contributed by atoms with E-state index in [0.717, 1.165) is 27.1 Å². The fourth-order valence-electron chi connectivity index (χ4n) is 1.63. The molecular formula is C12H12BrN3. The third kappa shape index (κ3) is 2.07. The number of hydrogen-bond acceptors (Lipinski definition) is 3. The molecule has 16 heavy (non-hydrogen) atoms. The molecule has 0 radical (unpaired) electrons. The fourth-order valence-corrected chi connectivity index (χ4v) is 2.03. The Labute approximate surface area is 103 Å². The molecule has 1 N–H and O–H groups in total. The average molecular weight is 278 g/mol. The van der Waals surface area contributed by atoms with Crippen molar-refractivity contribution >= 4 is 21.7 Å². The zero-order valence-electron chi connectivity index (χ0n) is 9.16. The van der Waals surface area contributed by atoms with Crippen molar-refractivity contribution in [1.82, 2.24) is 9.97 Å². The first kappa shape index (κ1) is 11.1. The molecule has 1 heterocycles. The summed E-state index contributed by atoms with van der Waals surface area (Å²) >= 11 is 3.46. The molecule has 0 saturated carbocycles. The van der Waals surface area contributed by atoms with E-state index in [4.69, 9.17) is 0 Å². The highest BCUT2D eigenvalue weighted by atomic mass is 79.9. The van der Waals surface area contributed by atoms with Gasteiger partial charge in [0.15, 0.2) is 0 Å². The zero-order chi connectivity index (χ0) is 11.5. The summed E-state index contributed by atoms with van der Waals surface area (Å²) in [6.45, 7) is 2.02. The summed E-state index contributed by atoms with van der Waals surface area (Å²) in [7, 11) is 1.86. The summed E-state index contributed by atoms with van der Waals surface area (Å²) in [6.07, 6.45) is 1.58. The molecule has 0 unspecified atom stereocenters. The van der Waals surface area contributed by atoms with Gasteiger partial charge in [-0.2, -0.15) is 0 Å². The van der Waals surface area contributed by atoms with Gasteiger partial charge in [0.2, 0.25) is 0 Å². The van der Waals surface area contributed by atoms with Crippen LogP contribution in [0.3, 0.4) is 0 Å². The van der Waals surface area contributed by atoms with Crippen LogP contribution in [0, 0.1) is 6.92 Å². The van der Waals surface area contributed by atoms with Gasteiger partial charge in [0.25, 0.3) is 0 Å². The topological polar surface area (TPSA) is 37.8 Å². The highest BCUT2D eigenvalue weighted by Crippen LogP contribution is 2.26. The standard InChI is InChI=1S/C12H12BrN3/c1-8-11(15-7-16-12(8)14-2)9-4-3-5-10(13)6-9/h3-7H,1-2H3,(H,14,15,16). The summed E-state index contributed by atoms with van der Waals surface area (Å²) in [5.41, 5.74) is 3.11. The van der Waals surface area contributed by atoms with Crippen molar-refractivity contribution in [3.63, 3.8) is 0 Å². The van der Waals surface area contributed by atoms with Crippen LogP contribution in [0.4, 0.5) is 5.82 Å². The van der Waals surface area contributed by atoms with Crippen LogP contribution >= 0.6 is 15.9 Å². The lowest BCUT2D eigenvalue weighted by Gasteiger charge is -2.08. The second-order valence-electron chi connectivity index (χ2n) is 3.46. The lowest BCUT2D eigenvalue weighted by molar-refractivity contribution is 1.13. The third-order valence-corrected chi connectivity index (χ3v) is 2.91. The number of halogens is 1. The first-order chi connectivity index (χ1) is 7.72. The minimum absolute atomic E-state index is 0.866. The van der Waals surface area contributed by atoms with Gasteiger partial charge >= 0.3 is 0 Å². The average Bonchev–Trinajstić information content (AvgIpc) is 2.29. The number of hydrogen-bond donors (Lipinski definition) is 1. The fraction of sp³-hybridized carbons (Fsp3) is 0.167. The summed E-state index contributed by atoms with van der Waals surface area (Å²) < 4.78 is 1.05. The Morgan fingerprint density at radius 1 is 1.25 bits per heavy atom. The van der Waals surface area contributed by atoms with Crippen molar-refractivity contribution in [3.8, 4) is 11.3 Å². The summed E-state index contributed by atoms with van der Waals surface area (Å²) in [5.74, 6) is 0.866.